The molecule has 0 aliphatic carbocycles. The standard InChI is InChI=1S/C25H33N3O5S/c1-6-23(25(31)26-7-2)27(16-21-12-9-8-11-18(21)3)24(30)17-28(34(5,32)33)22-14-10-13-20(15-22)19(4)29/h8-15,23H,6-7,16-17H2,1-5H3,(H,26,31). The van der Waals surface area contributed by atoms with Crippen molar-refractivity contribution in [1.82, 2.24) is 10.2 Å². The summed E-state index contributed by atoms with van der Waals surface area (Å²) < 4.78 is 26.3. The van der Waals surface area contributed by atoms with Crippen molar-refractivity contribution in [3.63, 3.8) is 0 Å². The zero-order valence-electron chi connectivity index (χ0n) is 20.4. The molecule has 184 valence electrons. The van der Waals surface area contributed by atoms with Gasteiger partial charge >= 0.3 is 0 Å². The third-order valence-corrected chi connectivity index (χ3v) is 6.70. The first kappa shape index (κ1) is 27.0. The average Bonchev–Trinajstić information content (AvgIpc) is 2.77. The normalized spacial score (nSPS) is 12.0. The number of aryl methyl sites for hydroxylation is 1. The molecule has 0 saturated carbocycles. The highest BCUT2D eigenvalue weighted by Gasteiger charge is 2.31. The Hall–Kier alpha value is -3.20. The molecule has 1 N–H and O–H groups in total. The van der Waals surface area contributed by atoms with Gasteiger partial charge in [-0.25, -0.2) is 8.42 Å². The van der Waals surface area contributed by atoms with Crippen LogP contribution in [0, 0.1) is 6.92 Å². The fourth-order valence-electron chi connectivity index (χ4n) is 3.68. The molecular formula is C25H33N3O5S. The Morgan fingerprint density at radius 2 is 1.71 bits per heavy atom. The van der Waals surface area contributed by atoms with E-state index < -0.39 is 28.5 Å². The van der Waals surface area contributed by atoms with Gasteiger partial charge in [0, 0.05) is 18.7 Å². The molecule has 0 saturated heterocycles. The number of Topliss-reactive ketones (excluding diaryl/α,β-unsaturated/α-hetero) is 1. The summed E-state index contributed by atoms with van der Waals surface area (Å²) in [4.78, 5) is 39.6. The maximum atomic E-state index is 13.6. The van der Waals surface area contributed by atoms with Crippen molar-refractivity contribution < 1.29 is 22.8 Å². The first-order valence-electron chi connectivity index (χ1n) is 11.2. The molecular weight excluding hydrogens is 454 g/mol. The molecule has 0 radical (unpaired) electrons. The van der Waals surface area contributed by atoms with E-state index in [0.717, 1.165) is 21.7 Å². The van der Waals surface area contributed by atoms with Crippen LogP contribution in [0.15, 0.2) is 48.5 Å². The van der Waals surface area contributed by atoms with E-state index in [-0.39, 0.29) is 23.9 Å². The van der Waals surface area contributed by atoms with Gasteiger partial charge in [-0.3, -0.25) is 18.7 Å². The zero-order valence-corrected chi connectivity index (χ0v) is 21.2. The minimum atomic E-state index is -3.86. The molecule has 0 spiro atoms. The highest BCUT2D eigenvalue weighted by molar-refractivity contribution is 7.92. The summed E-state index contributed by atoms with van der Waals surface area (Å²) in [6, 6.07) is 12.9. The van der Waals surface area contributed by atoms with Gasteiger partial charge < -0.3 is 10.2 Å². The summed E-state index contributed by atoms with van der Waals surface area (Å²) in [5.74, 6) is -1.03. The second-order valence-corrected chi connectivity index (χ2v) is 10.0. The molecule has 34 heavy (non-hydrogen) atoms. The van der Waals surface area contributed by atoms with Crippen LogP contribution in [0.5, 0.6) is 0 Å². The van der Waals surface area contributed by atoms with E-state index in [0.29, 0.717) is 18.5 Å². The monoisotopic (exact) mass is 487 g/mol. The number of hydrogen-bond donors (Lipinski definition) is 1. The first-order valence-corrected chi connectivity index (χ1v) is 13.0. The van der Waals surface area contributed by atoms with Crippen LogP contribution in [-0.4, -0.2) is 56.3 Å². The SMILES string of the molecule is CCNC(=O)C(CC)N(Cc1ccccc1C)C(=O)CN(c1cccc(C(C)=O)c1)S(C)(=O)=O. The number of likely N-dealkylation sites (N-methyl/N-ethyl adjacent to an activating group) is 1. The van der Waals surface area contributed by atoms with Crippen molar-refractivity contribution in [2.75, 3.05) is 23.7 Å². The maximum Gasteiger partial charge on any atom is 0.244 e. The number of carbonyl (C=O) groups is 3. The van der Waals surface area contributed by atoms with Crippen LogP contribution in [0.4, 0.5) is 5.69 Å². The minimum absolute atomic E-state index is 0.159. The van der Waals surface area contributed by atoms with Crippen molar-refractivity contribution in [1.29, 1.82) is 0 Å². The van der Waals surface area contributed by atoms with Crippen LogP contribution in [0.2, 0.25) is 0 Å². The molecule has 0 fully saturated rings. The molecule has 9 heteroatoms. The Labute approximate surface area is 202 Å². The lowest BCUT2D eigenvalue weighted by Gasteiger charge is -2.33. The highest BCUT2D eigenvalue weighted by atomic mass is 32.2. The van der Waals surface area contributed by atoms with Gasteiger partial charge in [0.2, 0.25) is 21.8 Å². The molecule has 2 aromatic rings. The third-order valence-electron chi connectivity index (χ3n) is 5.56. The number of carbonyl (C=O) groups excluding carboxylic acids is 3. The van der Waals surface area contributed by atoms with E-state index in [1.165, 1.54) is 24.0 Å². The number of amides is 2. The lowest BCUT2D eigenvalue weighted by molar-refractivity contribution is -0.140. The minimum Gasteiger partial charge on any atom is -0.355 e. The van der Waals surface area contributed by atoms with Crippen LogP contribution >= 0.6 is 0 Å². The first-order chi connectivity index (χ1) is 16.0. The second-order valence-electron chi connectivity index (χ2n) is 8.14. The van der Waals surface area contributed by atoms with Crippen LogP contribution in [0.25, 0.3) is 0 Å². The molecule has 1 atom stereocenters. The Balaban J connectivity index is 2.48. The van der Waals surface area contributed by atoms with Crippen LogP contribution in [0.3, 0.4) is 0 Å². The van der Waals surface area contributed by atoms with Gasteiger partial charge in [-0.1, -0.05) is 43.3 Å². The average molecular weight is 488 g/mol. The Morgan fingerprint density at radius 1 is 1.03 bits per heavy atom. The highest BCUT2D eigenvalue weighted by Crippen LogP contribution is 2.22. The third kappa shape index (κ3) is 6.90. The molecule has 0 bridgehead atoms. The van der Waals surface area contributed by atoms with E-state index in [1.807, 2.05) is 38.1 Å². The van der Waals surface area contributed by atoms with Crippen molar-refractivity contribution in [2.24, 2.45) is 0 Å². The van der Waals surface area contributed by atoms with E-state index in [2.05, 4.69) is 5.32 Å². The van der Waals surface area contributed by atoms with Gasteiger partial charge in [-0.2, -0.15) is 0 Å². The van der Waals surface area contributed by atoms with Gasteiger partial charge in [0.15, 0.2) is 5.78 Å². The van der Waals surface area contributed by atoms with Gasteiger partial charge in [0.1, 0.15) is 12.6 Å². The molecule has 0 heterocycles. The van der Waals surface area contributed by atoms with Gasteiger partial charge in [0.05, 0.1) is 11.9 Å². The summed E-state index contributed by atoms with van der Waals surface area (Å²) in [5, 5.41) is 2.77. The lowest BCUT2D eigenvalue weighted by atomic mass is 10.1. The lowest BCUT2D eigenvalue weighted by Crippen LogP contribution is -2.52. The summed E-state index contributed by atoms with van der Waals surface area (Å²) in [6.45, 7) is 6.98. The largest absolute Gasteiger partial charge is 0.355 e. The summed E-state index contributed by atoms with van der Waals surface area (Å²) >= 11 is 0. The van der Waals surface area contributed by atoms with Gasteiger partial charge in [0.25, 0.3) is 0 Å². The maximum absolute atomic E-state index is 13.6. The van der Waals surface area contributed by atoms with Crippen molar-refractivity contribution in [2.45, 2.75) is 46.7 Å². The van der Waals surface area contributed by atoms with Crippen molar-refractivity contribution >= 4 is 33.3 Å². The molecule has 2 rings (SSSR count). The predicted molar refractivity (Wildman–Crippen MR) is 133 cm³/mol. The number of ketones is 1. The second kappa shape index (κ2) is 11.8. The van der Waals surface area contributed by atoms with E-state index in [4.69, 9.17) is 0 Å². The van der Waals surface area contributed by atoms with E-state index >= 15 is 0 Å². The predicted octanol–water partition coefficient (Wildman–Crippen LogP) is 2.91. The fraction of sp³-hybridized carbons (Fsp3) is 0.400. The van der Waals surface area contributed by atoms with Crippen LogP contribution in [0.1, 0.15) is 48.7 Å². The molecule has 8 nitrogen and oxygen atoms in total. The number of sulfonamides is 1. The smallest absolute Gasteiger partial charge is 0.244 e. The number of rotatable bonds is 11. The molecule has 0 aliphatic rings. The number of hydrogen-bond acceptors (Lipinski definition) is 5. The molecule has 1 unspecified atom stereocenters. The Morgan fingerprint density at radius 3 is 2.26 bits per heavy atom. The molecule has 0 aromatic heterocycles. The summed E-state index contributed by atoms with van der Waals surface area (Å²) in [7, 11) is -3.86. The Kier molecular flexibility index (Phi) is 9.37. The van der Waals surface area contributed by atoms with Crippen LogP contribution in [-0.2, 0) is 26.2 Å². The number of benzene rings is 2. The number of nitrogens with zero attached hydrogens (tertiary/aromatic N) is 2. The van der Waals surface area contributed by atoms with E-state index in [1.54, 1.807) is 19.1 Å². The molecule has 2 amide bonds. The topological polar surface area (TPSA) is 104 Å². The van der Waals surface area contributed by atoms with Gasteiger partial charge in [-0.05, 0) is 50.5 Å². The summed E-state index contributed by atoms with van der Waals surface area (Å²) in [5.41, 5.74) is 2.37. The number of nitrogens with one attached hydrogen (secondary N) is 1. The van der Waals surface area contributed by atoms with Crippen molar-refractivity contribution in [3.8, 4) is 0 Å². The zero-order chi connectivity index (χ0) is 25.5. The molecule has 2 aromatic carbocycles. The fourth-order valence-corrected chi connectivity index (χ4v) is 4.52. The Bertz CT molecular complexity index is 1150. The molecule has 0 aliphatic heterocycles. The van der Waals surface area contributed by atoms with Gasteiger partial charge in [-0.15, -0.1) is 0 Å². The number of anilines is 1. The summed E-state index contributed by atoms with van der Waals surface area (Å²) in [6.07, 6.45) is 1.37. The van der Waals surface area contributed by atoms with Crippen LogP contribution < -0.4 is 9.62 Å². The van der Waals surface area contributed by atoms with Crippen molar-refractivity contribution in [3.05, 3.63) is 65.2 Å². The quantitative estimate of drug-likeness (QED) is 0.491. The van der Waals surface area contributed by atoms with E-state index in [9.17, 15) is 22.8 Å².